The van der Waals surface area contributed by atoms with E-state index in [4.69, 9.17) is 11.6 Å². The van der Waals surface area contributed by atoms with Gasteiger partial charge in [0, 0.05) is 22.0 Å². The molecule has 2 aromatic rings. The molecule has 0 aliphatic heterocycles. The number of benzene rings is 2. The van der Waals surface area contributed by atoms with Crippen molar-refractivity contribution < 1.29 is 9.59 Å². The van der Waals surface area contributed by atoms with Crippen LogP contribution in [0.3, 0.4) is 0 Å². The second-order valence-corrected chi connectivity index (χ2v) is 7.46. The first kappa shape index (κ1) is 18.8. The molecule has 0 unspecified atom stereocenters. The van der Waals surface area contributed by atoms with Crippen molar-refractivity contribution in [2.45, 2.75) is 18.7 Å². The van der Waals surface area contributed by atoms with Crippen molar-refractivity contribution in [3.8, 4) is 0 Å². The summed E-state index contributed by atoms with van der Waals surface area (Å²) in [4.78, 5) is 24.2. The van der Waals surface area contributed by atoms with E-state index in [-0.39, 0.29) is 17.6 Å². The van der Waals surface area contributed by atoms with Crippen molar-refractivity contribution >= 4 is 62.5 Å². The molecule has 0 aliphatic rings. The Morgan fingerprint density at radius 3 is 2.54 bits per heavy atom. The topological polar surface area (TPSA) is 58.2 Å². The molecular formula is C17H16BrClN2O2S. The molecule has 0 bridgehead atoms. The molecule has 2 rings (SSSR count). The summed E-state index contributed by atoms with van der Waals surface area (Å²) in [6.45, 7) is 3.42. The summed E-state index contributed by atoms with van der Waals surface area (Å²) < 4.78 is 1.01. The highest BCUT2D eigenvalue weighted by atomic mass is 79.9. The number of rotatable bonds is 5. The molecule has 2 amide bonds. The van der Waals surface area contributed by atoms with E-state index < -0.39 is 0 Å². The second kappa shape index (κ2) is 8.55. The SMILES string of the molecule is CC(=O)Nc1ccc(NC(=O)CSc2ccc(Br)cc2C)c(Cl)c1. The molecule has 24 heavy (non-hydrogen) atoms. The summed E-state index contributed by atoms with van der Waals surface area (Å²) in [5.74, 6) is -0.0349. The summed E-state index contributed by atoms with van der Waals surface area (Å²) in [6.07, 6.45) is 0. The van der Waals surface area contributed by atoms with Crippen LogP contribution in [0.2, 0.25) is 5.02 Å². The van der Waals surface area contributed by atoms with E-state index in [9.17, 15) is 9.59 Å². The predicted octanol–water partition coefficient (Wildman–Crippen LogP) is 5.10. The molecule has 7 heteroatoms. The van der Waals surface area contributed by atoms with Gasteiger partial charge in [0.1, 0.15) is 0 Å². The Bertz CT molecular complexity index is 783. The number of anilines is 2. The van der Waals surface area contributed by atoms with Gasteiger partial charge in [0.15, 0.2) is 0 Å². The summed E-state index contributed by atoms with van der Waals surface area (Å²) in [5, 5.41) is 5.79. The van der Waals surface area contributed by atoms with Gasteiger partial charge in [-0.2, -0.15) is 0 Å². The van der Waals surface area contributed by atoms with Crippen LogP contribution in [-0.4, -0.2) is 17.6 Å². The lowest BCUT2D eigenvalue weighted by Crippen LogP contribution is -2.14. The van der Waals surface area contributed by atoms with Crippen molar-refractivity contribution in [3.05, 3.63) is 51.5 Å². The number of carbonyl (C=O) groups is 2. The smallest absolute Gasteiger partial charge is 0.234 e. The van der Waals surface area contributed by atoms with Gasteiger partial charge in [-0.05, 0) is 48.9 Å². The molecule has 0 heterocycles. The number of hydrogen-bond donors (Lipinski definition) is 2. The van der Waals surface area contributed by atoms with Gasteiger partial charge in [-0.25, -0.2) is 0 Å². The third kappa shape index (κ3) is 5.54. The Balaban J connectivity index is 1.95. The molecule has 0 radical (unpaired) electrons. The van der Waals surface area contributed by atoms with E-state index in [0.717, 1.165) is 14.9 Å². The highest BCUT2D eigenvalue weighted by Gasteiger charge is 2.09. The van der Waals surface area contributed by atoms with Crippen LogP contribution in [0.25, 0.3) is 0 Å². The normalized spacial score (nSPS) is 10.3. The molecule has 0 saturated heterocycles. The Hall–Kier alpha value is -1.50. The number of halogens is 2. The minimum atomic E-state index is -0.177. The molecule has 0 spiro atoms. The first-order valence-electron chi connectivity index (χ1n) is 7.11. The van der Waals surface area contributed by atoms with Gasteiger partial charge in [0.2, 0.25) is 11.8 Å². The van der Waals surface area contributed by atoms with Crippen LogP contribution >= 0.6 is 39.3 Å². The van der Waals surface area contributed by atoms with Crippen molar-refractivity contribution in [3.63, 3.8) is 0 Å². The van der Waals surface area contributed by atoms with Gasteiger partial charge in [0.25, 0.3) is 0 Å². The van der Waals surface area contributed by atoms with E-state index in [1.807, 2.05) is 25.1 Å². The molecule has 0 aromatic heterocycles. The zero-order chi connectivity index (χ0) is 17.7. The number of thioether (sulfide) groups is 1. The van der Waals surface area contributed by atoms with Crippen LogP contribution in [0.1, 0.15) is 12.5 Å². The molecule has 126 valence electrons. The molecular weight excluding hydrogens is 412 g/mol. The Kier molecular flexibility index (Phi) is 6.71. The molecule has 4 nitrogen and oxygen atoms in total. The third-order valence-corrected chi connectivity index (χ3v) is 5.04. The first-order valence-corrected chi connectivity index (χ1v) is 9.27. The van der Waals surface area contributed by atoms with Gasteiger partial charge in [-0.1, -0.05) is 27.5 Å². The fourth-order valence-electron chi connectivity index (χ4n) is 2.00. The molecule has 0 atom stereocenters. The van der Waals surface area contributed by atoms with Crippen LogP contribution in [0.4, 0.5) is 11.4 Å². The van der Waals surface area contributed by atoms with Gasteiger partial charge in [-0.3, -0.25) is 9.59 Å². The Morgan fingerprint density at radius 2 is 1.92 bits per heavy atom. The Labute approximate surface area is 158 Å². The second-order valence-electron chi connectivity index (χ2n) is 5.12. The van der Waals surface area contributed by atoms with Crippen LogP contribution < -0.4 is 10.6 Å². The average molecular weight is 428 g/mol. The molecule has 0 fully saturated rings. The lowest BCUT2D eigenvalue weighted by Gasteiger charge is -2.10. The highest BCUT2D eigenvalue weighted by molar-refractivity contribution is 9.10. The van der Waals surface area contributed by atoms with E-state index >= 15 is 0 Å². The quantitative estimate of drug-likeness (QED) is 0.653. The van der Waals surface area contributed by atoms with E-state index in [2.05, 4.69) is 26.6 Å². The minimum absolute atomic E-state index is 0.142. The van der Waals surface area contributed by atoms with Crippen molar-refractivity contribution in [2.75, 3.05) is 16.4 Å². The molecule has 0 aliphatic carbocycles. The number of nitrogens with one attached hydrogen (secondary N) is 2. The maximum absolute atomic E-state index is 12.1. The summed E-state index contributed by atoms with van der Waals surface area (Å²) in [5.41, 5.74) is 2.22. The number of amides is 2. The summed E-state index contributed by atoms with van der Waals surface area (Å²) in [7, 11) is 0. The largest absolute Gasteiger partial charge is 0.326 e. The van der Waals surface area contributed by atoms with Crippen LogP contribution in [0.15, 0.2) is 45.8 Å². The maximum atomic E-state index is 12.1. The number of hydrogen-bond acceptors (Lipinski definition) is 3. The van der Waals surface area contributed by atoms with Crippen LogP contribution in [-0.2, 0) is 9.59 Å². The standard InChI is InChI=1S/C17H16BrClN2O2S/c1-10-7-12(18)3-6-16(10)24-9-17(23)21-15-5-4-13(8-14(15)19)20-11(2)22/h3-8H,9H2,1-2H3,(H,20,22)(H,21,23). The molecule has 2 N–H and O–H groups in total. The predicted molar refractivity (Wildman–Crippen MR) is 104 cm³/mol. The summed E-state index contributed by atoms with van der Waals surface area (Å²) in [6, 6.07) is 10.9. The number of carbonyl (C=O) groups excluding carboxylic acids is 2. The van der Waals surface area contributed by atoms with Gasteiger partial charge in [-0.15, -0.1) is 11.8 Å². The van der Waals surface area contributed by atoms with Gasteiger partial charge < -0.3 is 10.6 Å². The Morgan fingerprint density at radius 1 is 1.17 bits per heavy atom. The third-order valence-electron chi connectivity index (χ3n) is 3.06. The van der Waals surface area contributed by atoms with Crippen molar-refractivity contribution in [1.29, 1.82) is 0 Å². The minimum Gasteiger partial charge on any atom is -0.326 e. The lowest BCUT2D eigenvalue weighted by atomic mass is 10.2. The van der Waals surface area contributed by atoms with Gasteiger partial charge in [0.05, 0.1) is 16.5 Å². The fourth-order valence-corrected chi connectivity index (χ4v) is 3.51. The van der Waals surface area contributed by atoms with E-state index in [0.29, 0.717) is 16.4 Å². The van der Waals surface area contributed by atoms with Crippen LogP contribution in [0.5, 0.6) is 0 Å². The zero-order valence-electron chi connectivity index (χ0n) is 13.2. The molecule has 0 saturated carbocycles. The highest BCUT2D eigenvalue weighted by Crippen LogP contribution is 2.28. The fraction of sp³-hybridized carbons (Fsp3) is 0.176. The maximum Gasteiger partial charge on any atom is 0.234 e. The van der Waals surface area contributed by atoms with E-state index in [1.165, 1.54) is 18.7 Å². The van der Waals surface area contributed by atoms with Crippen molar-refractivity contribution in [2.24, 2.45) is 0 Å². The van der Waals surface area contributed by atoms with Gasteiger partial charge >= 0.3 is 0 Å². The first-order chi connectivity index (χ1) is 11.3. The average Bonchev–Trinajstić information content (AvgIpc) is 2.48. The van der Waals surface area contributed by atoms with Crippen LogP contribution in [0, 0.1) is 6.92 Å². The van der Waals surface area contributed by atoms with Crippen molar-refractivity contribution in [1.82, 2.24) is 0 Å². The number of aryl methyl sites for hydroxylation is 1. The summed E-state index contributed by atoms with van der Waals surface area (Å²) >= 11 is 11.0. The van der Waals surface area contributed by atoms with E-state index in [1.54, 1.807) is 18.2 Å². The monoisotopic (exact) mass is 426 g/mol. The molecule has 2 aromatic carbocycles. The lowest BCUT2D eigenvalue weighted by molar-refractivity contribution is -0.114. The zero-order valence-corrected chi connectivity index (χ0v) is 16.3.